The summed E-state index contributed by atoms with van der Waals surface area (Å²) in [5, 5.41) is 19.0. The van der Waals surface area contributed by atoms with E-state index in [1.807, 2.05) is 0 Å². The number of rotatable bonds is 5. The Balaban J connectivity index is 2.10. The quantitative estimate of drug-likeness (QED) is 0.519. The predicted molar refractivity (Wildman–Crippen MR) is 73.9 cm³/mol. The van der Waals surface area contributed by atoms with Gasteiger partial charge in [-0.05, 0) is 6.42 Å². The molecule has 2 amide bonds. The minimum atomic E-state index is -0.654. The van der Waals surface area contributed by atoms with Crippen molar-refractivity contribution in [2.75, 3.05) is 18.9 Å². The van der Waals surface area contributed by atoms with Gasteiger partial charge >= 0.3 is 0 Å². The number of carbonyl (C=O) groups excluding carboxylic acids is 2. The summed E-state index contributed by atoms with van der Waals surface area (Å²) in [5.74, 6) is -0.261. The lowest BCUT2D eigenvalue weighted by atomic mass is 10.2. The Bertz CT molecular complexity index is 589. The van der Waals surface area contributed by atoms with Gasteiger partial charge in [0.2, 0.25) is 5.91 Å². The molecule has 1 aromatic heterocycles. The smallest absolute Gasteiger partial charge is 0.300 e. The number of nitrogens with one attached hydrogen (secondary N) is 3. The van der Waals surface area contributed by atoms with Crippen LogP contribution in [0.15, 0.2) is 12.3 Å². The monoisotopic (exact) mass is 293 g/mol. The summed E-state index contributed by atoms with van der Waals surface area (Å²) >= 11 is 0. The molecule has 2 heterocycles. The number of carbonyl (C=O) groups is 2. The van der Waals surface area contributed by atoms with E-state index >= 15 is 0 Å². The maximum Gasteiger partial charge on any atom is 0.300 e. The minimum absolute atomic E-state index is 0.0541. The molecule has 21 heavy (non-hydrogen) atoms. The second kappa shape index (κ2) is 6.16. The van der Waals surface area contributed by atoms with E-state index < -0.39 is 10.8 Å². The average molecular weight is 293 g/mol. The first-order valence-electron chi connectivity index (χ1n) is 6.41. The lowest BCUT2D eigenvalue weighted by Gasteiger charge is -2.11. The molecule has 0 saturated carbocycles. The van der Waals surface area contributed by atoms with Crippen molar-refractivity contribution in [1.82, 2.24) is 15.6 Å². The standard InChI is InChI=1S/C12H15N5O4/c1-13-10-4-8(9(6-14-10)17(20)21)12(19)15-5-7-2-3-11(18)16-7/h4,6-7H,2-3,5H2,1H3,(H,13,14)(H,15,19)(H,16,18). The Morgan fingerprint density at radius 1 is 1.62 bits per heavy atom. The van der Waals surface area contributed by atoms with E-state index in [0.717, 1.165) is 6.20 Å². The Labute approximate surface area is 120 Å². The van der Waals surface area contributed by atoms with Gasteiger partial charge in [0.25, 0.3) is 11.6 Å². The van der Waals surface area contributed by atoms with Crippen LogP contribution in [0.3, 0.4) is 0 Å². The lowest BCUT2D eigenvalue weighted by Crippen LogP contribution is -2.38. The van der Waals surface area contributed by atoms with Crippen molar-refractivity contribution in [3.8, 4) is 0 Å². The molecule has 0 aliphatic carbocycles. The van der Waals surface area contributed by atoms with Crippen molar-refractivity contribution in [2.45, 2.75) is 18.9 Å². The molecule has 0 bridgehead atoms. The number of anilines is 1. The van der Waals surface area contributed by atoms with Crippen LogP contribution in [-0.2, 0) is 4.79 Å². The first-order chi connectivity index (χ1) is 10.0. The second-order valence-electron chi connectivity index (χ2n) is 4.61. The highest BCUT2D eigenvalue weighted by Crippen LogP contribution is 2.20. The summed E-state index contributed by atoms with van der Waals surface area (Å²) in [6.07, 6.45) is 2.11. The van der Waals surface area contributed by atoms with Gasteiger partial charge in [0, 0.05) is 32.1 Å². The van der Waals surface area contributed by atoms with E-state index in [9.17, 15) is 19.7 Å². The average Bonchev–Trinajstić information content (AvgIpc) is 2.89. The molecule has 0 aromatic carbocycles. The molecule has 1 fully saturated rings. The van der Waals surface area contributed by atoms with Crippen LogP contribution in [0.1, 0.15) is 23.2 Å². The molecule has 9 nitrogen and oxygen atoms in total. The Morgan fingerprint density at radius 3 is 2.95 bits per heavy atom. The zero-order chi connectivity index (χ0) is 15.4. The van der Waals surface area contributed by atoms with Crippen LogP contribution < -0.4 is 16.0 Å². The zero-order valence-corrected chi connectivity index (χ0v) is 11.4. The molecule has 0 spiro atoms. The van der Waals surface area contributed by atoms with E-state index in [0.29, 0.717) is 18.7 Å². The van der Waals surface area contributed by atoms with Crippen LogP contribution in [0.25, 0.3) is 0 Å². The fourth-order valence-corrected chi connectivity index (χ4v) is 2.05. The minimum Gasteiger partial charge on any atom is -0.373 e. The van der Waals surface area contributed by atoms with E-state index in [1.54, 1.807) is 7.05 Å². The molecule has 3 N–H and O–H groups in total. The van der Waals surface area contributed by atoms with E-state index in [1.165, 1.54) is 6.07 Å². The van der Waals surface area contributed by atoms with Crippen molar-refractivity contribution < 1.29 is 14.5 Å². The first-order valence-corrected chi connectivity index (χ1v) is 6.41. The molecule has 9 heteroatoms. The SMILES string of the molecule is CNc1cc(C(=O)NCC2CCC(=O)N2)c([N+](=O)[O-])cn1. The molecule has 1 aliphatic rings. The summed E-state index contributed by atoms with van der Waals surface area (Å²) in [4.78, 5) is 37.3. The Hall–Kier alpha value is -2.71. The van der Waals surface area contributed by atoms with Crippen molar-refractivity contribution in [3.05, 3.63) is 27.9 Å². The van der Waals surface area contributed by atoms with Crippen LogP contribution in [-0.4, -0.2) is 41.4 Å². The van der Waals surface area contributed by atoms with Crippen LogP contribution >= 0.6 is 0 Å². The Morgan fingerprint density at radius 2 is 2.38 bits per heavy atom. The van der Waals surface area contributed by atoms with Crippen molar-refractivity contribution >= 4 is 23.3 Å². The molecule has 0 radical (unpaired) electrons. The molecule has 112 valence electrons. The third kappa shape index (κ3) is 3.44. The first kappa shape index (κ1) is 14.7. The highest BCUT2D eigenvalue weighted by Gasteiger charge is 2.24. The summed E-state index contributed by atoms with van der Waals surface area (Å²) in [6, 6.07) is 1.19. The number of hydrogen-bond acceptors (Lipinski definition) is 6. The highest BCUT2D eigenvalue weighted by atomic mass is 16.6. The van der Waals surface area contributed by atoms with Crippen LogP contribution in [0.5, 0.6) is 0 Å². The normalized spacial score (nSPS) is 17.2. The van der Waals surface area contributed by atoms with Crippen LogP contribution in [0, 0.1) is 10.1 Å². The number of aromatic nitrogens is 1. The van der Waals surface area contributed by atoms with Gasteiger partial charge in [0.1, 0.15) is 17.6 Å². The van der Waals surface area contributed by atoms with Crippen molar-refractivity contribution in [1.29, 1.82) is 0 Å². The van der Waals surface area contributed by atoms with Gasteiger partial charge in [0.15, 0.2) is 0 Å². The highest BCUT2D eigenvalue weighted by molar-refractivity contribution is 5.98. The number of nitrogens with zero attached hydrogens (tertiary/aromatic N) is 2. The summed E-state index contributed by atoms with van der Waals surface area (Å²) < 4.78 is 0. The van der Waals surface area contributed by atoms with Gasteiger partial charge in [-0.2, -0.15) is 0 Å². The molecule has 1 aliphatic heterocycles. The van der Waals surface area contributed by atoms with Gasteiger partial charge in [0.05, 0.1) is 4.92 Å². The third-order valence-electron chi connectivity index (χ3n) is 3.17. The zero-order valence-electron chi connectivity index (χ0n) is 11.4. The number of pyridine rings is 1. The fourth-order valence-electron chi connectivity index (χ4n) is 2.05. The van der Waals surface area contributed by atoms with E-state index in [-0.39, 0.29) is 29.7 Å². The number of amides is 2. The van der Waals surface area contributed by atoms with Crippen LogP contribution in [0.4, 0.5) is 11.5 Å². The van der Waals surface area contributed by atoms with Gasteiger partial charge in [-0.1, -0.05) is 0 Å². The summed E-state index contributed by atoms with van der Waals surface area (Å²) in [5.41, 5.74) is -0.425. The topological polar surface area (TPSA) is 126 Å². The lowest BCUT2D eigenvalue weighted by molar-refractivity contribution is -0.385. The van der Waals surface area contributed by atoms with Crippen molar-refractivity contribution in [2.24, 2.45) is 0 Å². The maximum atomic E-state index is 12.1. The van der Waals surface area contributed by atoms with Crippen molar-refractivity contribution in [3.63, 3.8) is 0 Å². The Kier molecular flexibility index (Phi) is 4.31. The summed E-state index contributed by atoms with van der Waals surface area (Å²) in [7, 11) is 1.60. The molecule has 1 aromatic rings. The van der Waals surface area contributed by atoms with E-state index in [4.69, 9.17) is 0 Å². The molecule has 1 atom stereocenters. The number of nitro groups is 1. The molecular formula is C12H15N5O4. The molecule has 2 rings (SSSR count). The van der Waals surface area contributed by atoms with E-state index in [2.05, 4.69) is 20.9 Å². The maximum absolute atomic E-state index is 12.1. The largest absolute Gasteiger partial charge is 0.373 e. The third-order valence-corrected chi connectivity index (χ3v) is 3.17. The van der Waals surface area contributed by atoms with Gasteiger partial charge in [-0.3, -0.25) is 19.7 Å². The van der Waals surface area contributed by atoms with Gasteiger partial charge < -0.3 is 16.0 Å². The fraction of sp³-hybridized carbons (Fsp3) is 0.417. The molecular weight excluding hydrogens is 278 g/mol. The molecule has 1 unspecified atom stereocenters. The molecule has 1 saturated heterocycles. The van der Waals surface area contributed by atoms with Crippen LogP contribution in [0.2, 0.25) is 0 Å². The predicted octanol–water partition coefficient (Wildman–Crippen LogP) is 0.0399. The van der Waals surface area contributed by atoms with Gasteiger partial charge in [-0.25, -0.2) is 4.98 Å². The number of hydrogen-bond donors (Lipinski definition) is 3. The summed E-state index contributed by atoms with van der Waals surface area (Å²) in [6.45, 7) is 0.235. The van der Waals surface area contributed by atoms with Gasteiger partial charge in [-0.15, -0.1) is 0 Å². The second-order valence-corrected chi connectivity index (χ2v) is 4.61.